The van der Waals surface area contributed by atoms with Crippen molar-refractivity contribution in [3.05, 3.63) is 163 Å². The van der Waals surface area contributed by atoms with Gasteiger partial charge < -0.3 is 9.80 Å². The molecule has 50 heavy (non-hydrogen) atoms. The van der Waals surface area contributed by atoms with Gasteiger partial charge in [-0.25, -0.2) is 0 Å². The SMILES string of the molecule is C[Si](C)(C)c1cccc(N(c2ccccc2C#N)c2ccc3ccc4c(N(c5ccccc5)c5ccccc5C#N)ccc5ccc2c3c54)c1. The lowest BCUT2D eigenvalue weighted by Crippen LogP contribution is -2.37. The van der Waals surface area contributed by atoms with Gasteiger partial charge in [-0.15, -0.1) is 0 Å². The first-order chi connectivity index (χ1) is 24.4. The summed E-state index contributed by atoms with van der Waals surface area (Å²) < 4.78 is 0. The number of anilines is 6. The maximum absolute atomic E-state index is 10.3. The first-order valence-electron chi connectivity index (χ1n) is 16.8. The fourth-order valence-electron chi connectivity index (χ4n) is 7.19. The number of nitrogens with zero attached hydrogens (tertiary/aromatic N) is 4. The fourth-order valence-corrected chi connectivity index (χ4v) is 8.37. The van der Waals surface area contributed by atoms with Gasteiger partial charge in [-0.1, -0.05) is 116 Å². The Morgan fingerprint density at radius 3 is 1.42 bits per heavy atom. The molecule has 8 aromatic rings. The smallest absolute Gasteiger partial charge is 0.101 e. The average Bonchev–Trinajstić information content (AvgIpc) is 3.15. The first kappa shape index (κ1) is 30.9. The number of benzene rings is 8. The molecule has 0 unspecified atom stereocenters. The number of hydrogen-bond donors (Lipinski definition) is 0. The van der Waals surface area contributed by atoms with Crippen molar-refractivity contribution in [2.75, 3.05) is 9.80 Å². The van der Waals surface area contributed by atoms with Crippen LogP contribution in [0.25, 0.3) is 32.3 Å². The second kappa shape index (κ2) is 12.2. The van der Waals surface area contributed by atoms with Crippen molar-refractivity contribution in [3.8, 4) is 12.1 Å². The van der Waals surface area contributed by atoms with Crippen molar-refractivity contribution < 1.29 is 0 Å². The summed E-state index contributed by atoms with van der Waals surface area (Å²) in [5, 5.41) is 28.6. The normalized spacial score (nSPS) is 11.5. The quantitative estimate of drug-likeness (QED) is 0.126. The van der Waals surface area contributed by atoms with E-state index in [1.54, 1.807) is 0 Å². The highest BCUT2D eigenvalue weighted by molar-refractivity contribution is 6.88. The summed E-state index contributed by atoms with van der Waals surface area (Å²) in [7, 11) is -1.64. The Hall–Kier alpha value is -6.40. The molecule has 4 nitrogen and oxygen atoms in total. The zero-order valence-electron chi connectivity index (χ0n) is 28.2. The molecule has 8 aromatic carbocycles. The number of rotatable bonds is 7. The Morgan fingerprint density at radius 2 is 0.900 bits per heavy atom. The van der Waals surface area contributed by atoms with Crippen LogP contribution in [0, 0.1) is 22.7 Å². The fraction of sp³-hybridized carbons (Fsp3) is 0.0667. The highest BCUT2D eigenvalue weighted by atomic mass is 28.3. The standard InChI is InChI=1S/C45H34N4Si/c1-50(2,3)37-17-11-16-36(28-37)49(41-19-10-8-13-34(41)30-47)43-27-23-32-20-24-38-42(26-22-31-21-25-39(43)45(32)44(31)38)48(35-14-5-4-6-15-35)40-18-9-7-12-33(40)29-46/h4-28H,1-3H3. The molecule has 5 heteroatoms. The van der Waals surface area contributed by atoms with Crippen LogP contribution in [0.3, 0.4) is 0 Å². The molecule has 0 aromatic heterocycles. The first-order valence-corrected chi connectivity index (χ1v) is 20.3. The van der Waals surface area contributed by atoms with Crippen LogP contribution in [-0.4, -0.2) is 8.07 Å². The molecule has 0 saturated carbocycles. The molecule has 0 amide bonds. The van der Waals surface area contributed by atoms with E-state index < -0.39 is 8.07 Å². The molecule has 0 bridgehead atoms. The topological polar surface area (TPSA) is 54.1 Å². The van der Waals surface area contributed by atoms with Crippen molar-refractivity contribution >= 4 is 79.7 Å². The van der Waals surface area contributed by atoms with E-state index in [-0.39, 0.29) is 0 Å². The van der Waals surface area contributed by atoms with E-state index in [1.165, 1.54) is 16.0 Å². The third-order valence-electron chi connectivity index (χ3n) is 9.62. The van der Waals surface area contributed by atoms with Gasteiger partial charge in [0.2, 0.25) is 0 Å². The van der Waals surface area contributed by atoms with Crippen LogP contribution in [-0.2, 0) is 0 Å². The van der Waals surface area contributed by atoms with Gasteiger partial charge in [0.25, 0.3) is 0 Å². The Labute approximate surface area is 293 Å². The monoisotopic (exact) mass is 658 g/mol. The summed E-state index contributed by atoms with van der Waals surface area (Å²) in [5.74, 6) is 0. The predicted octanol–water partition coefficient (Wildman–Crippen LogP) is 11.8. The molecule has 0 spiro atoms. The highest BCUT2D eigenvalue weighted by Crippen LogP contribution is 2.48. The van der Waals surface area contributed by atoms with E-state index in [0.29, 0.717) is 11.1 Å². The number of para-hydroxylation sites is 3. The summed E-state index contributed by atoms with van der Waals surface area (Å²) in [5.41, 5.74) is 6.94. The Balaban J connectivity index is 1.43. The second-order valence-corrected chi connectivity index (χ2v) is 18.7. The number of nitriles is 2. The Morgan fingerprint density at radius 1 is 0.440 bits per heavy atom. The van der Waals surface area contributed by atoms with Crippen LogP contribution < -0.4 is 15.0 Å². The lowest BCUT2D eigenvalue weighted by Gasteiger charge is -2.30. The van der Waals surface area contributed by atoms with Crippen LogP contribution in [0.15, 0.2) is 152 Å². The zero-order chi connectivity index (χ0) is 34.4. The van der Waals surface area contributed by atoms with E-state index in [0.717, 1.165) is 55.7 Å². The molecule has 8 rings (SSSR count). The average molecular weight is 659 g/mol. The summed E-state index contributed by atoms with van der Waals surface area (Å²) in [4.78, 5) is 4.46. The third-order valence-corrected chi connectivity index (χ3v) is 11.7. The largest absolute Gasteiger partial charge is 0.309 e. The summed E-state index contributed by atoms with van der Waals surface area (Å²) in [6.07, 6.45) is 0. The minimum Gasteiger partial charge on any atom is -0.309 e. The third kappa shape index (κ3) is 5.13. The van der Waals surface area contributed by atoms with E-state index >= 15 is 0 Å². The van der Waals surface area contributed by atoms with Gasteiger partial charge >= 0.3 is 0 Å². The predicted molar refractivity (Wildman–Crippen MR) is 212 cm³/mol. The van der Waals surface area contributed by atoms with Crippen LogP contribution in [0.1, 0.15) is 11.1 Å². The van der Waals surface area contributed by atoms with Crippen LogP contribution in [0.4, 0.5) is 34.1 Å². The molecule has 0 N–H and O–H groups in total. The Kier molecular flexibility index (Phi) is 7.56. The summed E-state index contributed by atoms with van der Waals surface area (Å²) >= 11 is 0. The summed E-state index contributed by atoms with van der Waals surface area (Å²) in [6.45, 7) is 7.09. The van der Waals surface area contributed by atoms with Gasteiger partial charge in [0, 0.05) is 22.1 Å². The Bertz CT molecular complexity index is 2630. The van der Waals surface area contributed by atoms with E-state index in [9.17, 15) is 10.5 Å². The van der Waals surface area contributed by atoms with Crippen molar-refractivity contribution in [2.24, 2.45) is 0 Å². The van der Waals surface area contributed by atoms with Gasteiger partial charge in [0.05, 0.1) is 42.0 Å². The molecule has 0 aliphatic heterocycles. The lowest BCUT2D eigenvalue weighted by atomic mass is 9.91. The van der Waals surface area contributed by atoms with Gasteiger partial charge in [0.15, 0.2) is 0 Å². The van der Waals surface area contributed by atoms with Crippen molar-refractivity contribution in [2.45, 2.75) is 19.6 Å². The molecule has 0 saturated heterocycles. The van der Waals surface area contributed by atoms with Gasteiger partial charge in [-0.3, -0.25) is 0 Å². The van der Waals surface area contributed by atoms with Crippen LogP contribution in [0.5, 0.6) is 0 Å². The molecule has 0 atom stereocenters. The molecule has 0 aliphatic rings. The van der Waals surface area contributed by atoms with Gasteiger partial charge in [-0.2, -0.15) is 10.5 Å². The molecule has 0 aliphatic carbocycles. The van der Waals surface area contributed by atoms with Crippen molar-refractivity contribution in [1.29, 1.82) is 10.5 Å². The molecule has 0 heterocycles. The van der Waals surface area contributed by atoms with Gasteiger partial charge in [0.1, 0.15) is 12.1 Å². The summed E-state index contributed by atoms with van der Waals surface area (Å²) in [6, 6.07) is 57.2. The molecular formula is C45H34N4Si. The van der Waals surface area contributed by atoms with E-state index in [1.807, 2.05) is 66.7 Å². The highest BCUT2D eigenvalue weighted by Gasteiger charge is 2.25. The van der Waals surface area contributed by atoms with Crippen LogP contribution >= 0.6 is 0 Å². The van der Waals surface area contributed by atoms with Crippen molar-refractivity contribution in [3.63, 3.8) is 0 Å². The zero-order valence-corrected chi connectivity index (χ0v) is 29.2. The van der Waals surface area contributed by atoms with Gasteiger partial charge in [-0.05, 0) is 82.2 Å². The molecule has 0 radical (unpaired) electrons. The molecule has 0 fully saturated rings. The van der Waals surface area contributed by atoms with E-state index in [4.69, 9.17) is 0 Å². The number of hydrogen-bond acceptors (Lipinski definition) is 4. The van der Waals surface area contributed by atoms with E-state index in [2.05, 4.69) is 127 Å². The second-order valence-electron chi connectivity index (χ2n) is 13.7. The maximum Gasteiger partial charge on any atom is 0.101 e. The van der Waals surface area contributed by atoms with Crippen LogP contribution in [0.2, 0.25) is 19.6 Å². The maximum atomic E-state index is 10.3. The minimum absolute atomic E-state index is 0.608. The minimum atomic E-state index is -1.64. The van der Waals surface area contributed by atoms with Crippen molar-refractivity contribution in [1.82, 2.24) is 0 Å². The molecule has 238 valence electrons. The molecular weight excluding hydrogens is 625 g/mol. The lowest BCUT2D eigenvalue weighted by molar-refractivity contribution is 1.28.